The van der Waals surface area contributed by atoms with Crippen molar-refractivity contribution in [3.05, 3.63) is 75.9 Å². The summed E-state index contributed by atoms with van der Waals surface area (Å²) in [7, 11) is 0. The second kappa shape index (κ2) is 10.8. The summed E-state index contributed by atoms with van der Waals surface area (Å²) in [6, 6.07) is 11.6. The predicted molar refractivity (Wildman–Crippen MR) is 156 cm³/mol. The molecule has 3 amide bonds. The van der Waals surface area contributed by atoms with E-state index < -0.39 is 35.8 Å². The standard InChI is InChI=1S/C28H21BrClF2N7O3/c29-13-4-7-20-17(8-13)25(27(33)41)37-39(20)11-22(40)38-10-14(31)9-21(38)28(42)36-18-3-1-2-16(24(18)32)15-5-6-19-26(23(15)30)35-12-34-19/h1-8,12,14,21H,9-11H2,(H2,33,41)(H,34,35)(H,36,42)/t14-,21+/m1/s1. The van der Waals surface area contributed by atoms with Gasteiger partial charge in [-0.15, -0.1) is 0 Å². The van der Waals surface area contributed by atoms with Crippen molar-refractivity contribution in [1.29, 1.82) is 0 Å². The number of primary amides is 1. The fourth-order valence-corrected chi connectivity index (χ4v) is 5.89. The SMILES string of the molecule is NC(=O)c1nn(CC(=O)N2C[C@H](F)C[C@H]2C(=O)Nc2cccc(-c3ccc4[nH]cnc4c3Cl)c2F)c2ccc(Br)cc12. The molecular weight excluding hydrogens is 636 g/mol. The number of amides is 3. The van der Waals surface area contributed by atoms with E-state index in [1.165, 1.54) is 23.1 Å². The van der Waals surface area contributed by atoms with E-state index in [-0.39, 0.29) is 41.5 Å². The van der Waals surface area contributed by atoms with Crippen LogP contribution in [0, 0.1) is 5.82 Å². The number of hydrogen-bond donors (Lipinski definition) is 3. The van der Waals surface area contributed by atoms with E-state index in [1.54, 1.807) is 36.4 Å². The number of hydrogen-bond acceptors (Lipinski definition) is 5. The van der Waals surface area contributed by atoms with Gasteiger partial charge < -0.3 is 20.9 Å². The molecule has 5 aromatic rings. The van der Waals surface area contributed by atoms with Crippen LogP contribution in [0.1, 0.15) is 16.9 Å². The van der Waals surface area contributed by atoms with Gasteiger partial charge in [-0.05, 0) is 30.3 Å². The van der Waals surface area contributed by atoms with Crippen molar-refractivity contribution < 1.29 is 23.2 Å². The molecule has 0 saturated carbocycles. The molecule has 0 aliphatic carbocycles. The number of rotatable bonds is 6. The third-order valence-electron chi connectivity index (χ3n) is 7.18. The van der Waals surface area contributed by atoms with Gasteiger partial charge in [0, 0.05) is 27.4 Å². The van der Waals surface area contributed by atoms with Gasteiger partial charge in [-0.3, -0.25) is 19.1 Å². The number of carbonyl (C=O) groups excluding carboxylic acids is 3. The van der Waals surface area contributed by atoms with Crippen molar-refractivity contribution in [2.75, 3.05) is 11.9 Å². The molecule has 0 spiro atoms. The number of benzene rings is 3. The van der Waals surface area contributed by atoms with Gasteiger partial charge in [0.1, 0.15) is 24.3 Å². The Kier molecular flexibility index (Phi) is 7.15. The van der Waals surface area contributed by atoms with E-state index >= 15 is 4.39 Å². The fraction of sp³-hybridized carbons (Fsp3) is 0.179. The number of alkyl halides is 1. The number of likely N-dealkylation sites (tertiary alicyclic amines) is 1. The van der Waals surface area contributed by atoms with Gasteiger partial charge in [0.2, 0.25) is 11.8 Å². The normalized spacial score (nSPS) is 16.8. The summed E-state index contributed by atoms with van der Waals surface area (Å²) in [5.41, 5.74) is 7.41. The van der Waals surface area contributed by atoms with Crippen LogP contribution in [-0.2, 0) is 16.1 Å². The fourth-order valence-electron chi connectivity index (χ4n) is 5.22. The highest BCUT2D eigenvalue weighted by molar-refractivity contribution is 9.10. The molecule has 1 aliphatic heterocycles. The van der Waals surface area contributed by atoms with E-state index in [4.69, 9.17) is 17.3 Å². The smallest absolute Gasteiger partial charge is 0.269 e. The number of aromatic nitrogens is 4. The van der Waals surface area contributed by atoms with Gasteiger partial charge in [0.15, 0.2) is 11.5 Å². The van der Waals surface area contributed by atoms with Crippen LogP contribution in [0.25, 0.3) is 33.1 Å². The third kappa shape index (κ3) is 4.88. The molecule has 0 radical (unpaired) electrons. The minimum atomic E-state index is -1.47. The number of fused-ring (bicyclic) bond motifs is 2. The molecule has 2 aromatic heterocycles. The van der Waals surface area contributed by atoms with Crippen LogP contribution in [-0.4, -0.2) is 61.1 Å². The minimum absolute atomic E-state index is 0.0277. The molecular formula is C28H21BrClF2N7O3. The summed E-state index contributed by atoms with van der Waals surface area (Å²) < 4.78 is 32.2. The Morgan fingerprint density at radius 3 is 2.76 bits per heavy atom. The first kappa shape index (κ1) is 27.8. The molecule has 42 heavy (non-hydrogen) atoms. The van der Waals surface area contributed by atoms with Gasteiger partial charge >= 0.3 is 0 Å². The van der Waals surface area contributed by atoms with Gasteiger partial charge in [-0.2, -0.15) is 5.10 Å². The molecule has 10 nitrogen and oxygen atoms in total. The zero-order valence-electron chi connectivity index (χ0n) is 21.6. The van der Waals surface area contributed by atoms with Gasteiger partial charge in [-0.1, -0.05) is 45.7 Å². The third-order valence-corrected chi connectivity index (χ3v) is 8.06. The molecule has 0 bridgehead atoms. The second-order valence-corrected chi connectivity index (χ2v) is 11.1. The average Bonchev–Trinajstić information content (AvgIpc) is 3.68. The summed E-state index contributed by atoms with van der Waals surface area (Å²) in [6.45, 7) is -0.702. The maximum absolute atomic E-state index is 15.7. The van der Waals surface area contributed by atoms with E-state index in [2.05, 4.69) is 36.3 Å². The molecule has 4 N–H and O–H groups in total. The Labute approximate surface area is 249 Å². The number of carbonyl (C=O) groups is 3. The van der Waals surface area contributed by atoms with Crippen LogP contribution in [0.5, 0.6) is 0 Å². The highest BCUT2D eigenvalue weighted by atomic mass is 79.9. The lowest BCUT2D eigenvalue weighted by Gasteiger charge is -2.24. The summed E-state index contributed by atoms with van der Waals surface area (Å²) in [5.74, 6) is -2.88. The maximum Gasteiger partial charge on any atom is 0.269 e. The van der Waals surface area contributed by atoms with Crippen LogP contribution < -0.4 is 11.1 Å². The van der Waals surface area contributed by atoms with Crippen LogP contribution in [0.2, 0.25) is 5.02 Å². The number of imidazole rings is 1. The first-order chi connectivity index (χ1) is 20.1. The summed E-state index contributed by atoms with van der Waals surface area (Å²) in [4.78, 5) is 46.8. The number of nitrogens with one attached hydrogen (secondary N) is 2. The van der Waals surface area contributed by atoms with Crippen LogP contribution in [0.4, 0.5) is 14.5 Å². The quantitative estimate of drug-likeness (QED) is 0.241. The van der Waals surface area contributed by atoms with E-state index in [0.717, 1.165) is 4.90 Å². The summed E-state index contributed by atoms with van der Waals surface area (Å²) in [6.07, 6.45) is -0.253. The average molecular weight is 657 g/mol. The van der Waals surface area contributed by atoms with Crippen molar-refractivity contribution in [3.63, 3.8) is 0 Å². The molecule has 1 fully saturated rings. The Morgan fingerprint density at radius 2 is 1.98 bits per heavy atom. The van der Waals surface area contributed by atoms with E-state index in [1.807, 2.05) is 0 Å². The molecule has 1 saturated heterocycles. The summed E-state index contributed by atoms with van der Waals surface area (Å²) in [5, 5.41) is 7.37. The summed E-state index contributed by atoms with van der Waals surface area (Å²) >= 11 is 9.83. The minimum Gasteiger partial charge on any atom is -0.364 e. The largest absolute Gasteiger partial charge is 0.364 e. The van der Waals surface area contributed by atoms with Crippen molar-refractivity contribution in [3.8, 4) is 11.1 Å². The number of halogens is 4. The first-order valence-electron chi connectivity index (χ1n) is 12.7. The number of H-pyrrole nitrogens is 1. The maximum atomic E-state index is 15.7. The van der Waals surface area contributed by atoms with Gasteiger partial charge in [0.05, 0.1) is 34.6 Å². The number of aromatic amines is 1. The second-order valence-electron chi connectivity index (χ2n) is 9.81. The number of anilines is 1. The lowest BCUT2D eigenvalue weighted by atomic mass is 10.0. The highest BCUT2D eigenvalue weighted by Crippen LogP contribution is 2.36. The predicted octanol–water partition coefficient (Wildman–Crippen LogP) is 4.81. The number of nitrogens with zero attached hydrogens (tertiary/aromatic N) is 4. The molecule has 214 valence electrons. The van der Waals surface area contributed by atoms with Crippen LogP contribution in [0.15, 0.2) is 59.3 Å². The van der Waals surface area contributed by atoms with Gasteiger partial charge in [0.25, 0.3) is 5.91 Å². The lowest BCUT2D eigenvalue weighted by Crippen LogP contribution is -2.44. The van der Waals surface area contributed by atoms with Crippen LogP contribution in [0.3, 0.4) is 0 Å². The topological polar surface area (TPSA) is 139 Å². The van der Waals surface area contributed by atoms with Crippen molar-refractivity contribution in [2.45, 2.75) is 25.2 Å². The van der Waals surface area contributed by atoms with Crippen LogP contribution >= 0.6 is 27.5 Å². The van der Waals surface area contributed by atoms with E-state index in [0.29, 0.717) is 32.0 Å². The molecule has 2 atom stereocenters. The van der Waals surface area contributed by atoms with E-state index in [9.17, 15) is 18.8 Å². The molecule has 6 rings (SSSR count). The van der Waals surface area contributed by atoms with Gasteiger partial charge in [-0.25, -0.2) is 13.8 Å². The zero-order chi connectivity index (χ0) is 29.7. The Morgan fingerprint density at radius 1 is 1.17 bits per heavy atom. The number of nitrogens with two attached hydrogens (primary N) is 1. The Hall–Kier alpha value is -4.36. The zero-order valence-corrected chi connectivity index (χ0v) is 23.9. The lowest BCUT2D eigenvalue weighted by molar-refractivity contribution is -0.137. The molecule has 3 heterocycles. The highest BCUT2D eigenvalue weighted by Gasteiger charge is 2.40. The first-order valence-corrected chi connectivity index (χ1v) is 13.9. The molecule has 3 aromatic carbocycles. The molecule has 14 heteroatoms. The van der Waals surface area contributed by atoms with Crippen molar-refractivity contribution in [2.24, 2.45) is 5.73 Å². The molecule has 1 aliphatic rings. The Bertz CT molecular complexity index is 1910. The monoisotopic (exact) mass is 655 g/mol. The molecule has 0 unspecified atom stereocenters. The van der Waals surface area contributed by atoms with Crippen molar-refractivity contribution >= 4 is 72.9 Å². The van der Waals surface area contributed by atoms with Crippen molar-refractivity contribution in [1.82, 2.24) is 24.6 Å². The Balaban J connectivity index is 1.25.